The molecule has 1 aromatic heterocycles. The summed E-state index contributed by atoms with van der Waals surface area (Å²) < 4.78 is 39.6. The van der Waals surface area contributed by atoms with Crippen molar-refractivity contribution >= 4 is 40.1 Å². The minimum atomic E-state index is -3.04. The molecule has 0 radical (unpaired) electrons. The lowest BCUT2D eigenvalue weighted by Gasteiger charge is -2.11. The molecule has 0 bridgehead atoms. The predicted molar refractivity (Wildman–Crippen MR) is 97.9 cm³/mol. The first-order valence-electron chi connectivity index (χ1n) is 8.04. The number of rotatable bonds is 6. The standard InChI is InChI=1S/C19H14ClF2NO5/c1-10-12-8-11(20)6-7-14(12)27-17(10)18(25)26-9-16(24)23-13-4-2-3-5-15(13)28-19(21)22/h2-8,19H,9H2,1H3,(H,23,24). The van der Waals surface area contributed by atoms with Crippen molar-refractivity contribution in [3.63, 3.8) is 0 Å². The Balaban J connectivity index is 1.65. The molecule has 3 rings (SSSR count). The molecule has 0 spiro atoms. The van der Waals surface area contributed by atoms with Crippen LogP contribution in [0.1, 0.15) is 16.1 Å². The van der Waals surface area contributed by atoms with Crippen LogP contribution in [-0.2, 0) is 9.53 Å². The highest BCUT2D eigenvalue weighted by Crippen LogP contribution is 2.28. The number of hydrogen-bond donors (Lipinski definition) is 1. The normalized spacial score (nSPS) is 10.9. The lowest BCUT2D eigenvalue weighted by molar-refractivity contribution is -0.119. The number of fused-ring (bicyclic) bond motifs is 1. The maximum absolute atomic E-state index is 12.4. The molecule has 0 saturated carbocycles. The average molecular weight is 410 g/mol. The zero-order valence-corrected chi connectivity index (χ0v) is 15.3. The summed E-state index contributed by atoms with van der Waals surface area (Å²) in [5, 5.41) is 3.49. The zero-order chi connectivity index (χ0) is 20.3. The highest BCUT2D eigenvalue weighted by atomic mass is 35.5. The van der Waals surface area contributed by atoms with Gasteiger partial charge in [0.1, 0.15) is 11.3 Å². The smallest absolute Gasteiger partial charge is 0.387 e. The molecule has 9 heteroatoms. The number of hydrogen-bond acceptors (Lipinski definition) is 5. The number of ether oxygens (including phenoxy) is 2. The van der Waals surface area contributed by atoms with Crippen LogP contribution in [0.4, 0.5) is 14.5 Å². The van der Waals surface area contributed by atoms with E-state index in [9.17, 15) is 18.4 Å². The number of aryl methyl sites for hydroxylation is 1. The number of amides is 1. The van der Waals surface area contributed by atoms with Crippen LogP contribution in [0.25, 0.3) is 11.0 Å². The SMILES string of the molecule is Cc1c(C(=O)OCC(=O)Nc2ccccc2OC(F)F)oc2ccc(Cl)cc12. The van der Waals surface area contributed by atoms with E-state index in [0.29, 0.717) is 21.6 Å². The van der Waals surface area contributed by atoms with Gasteiger partial charge in [0.15, 0.2) is 6.61 Å². The highest BCUT2D eigenvalue weighted by molar-refractivity contribution is 6.31. The maximum Gasteiger partial charge on any atom is 0.387 e. The number of benzene rings is 2. The molecule has 0 saturated heterocycles. The minimum Gasteiger partial charge on any atom is -0.450 e. The zero-order valence-electron chi connectivity index (χ0n) is 14.5. The monoisotopic (exact) mass is 409 g/mol. The van der Waals surface area contributed by atoms with Crippen molar-refractivity contribution in [1.29, 1.82) is 0 Å². The van der Waals surface area contributed by atoms with Crippen molar-refractivity contribution in [2.24, 2.45) is 0 Å². The summed E-state index contributed by atoms with van der Waals surface area (Å²) in [5.74, 6) is -1.82. The van der Waals surface area contributed by atoms with Crippen molar-refractivity contribution in [2.75, 3.05) is 11.9 Å². The van der Waals surface area contributed by atoms with Gasteiger partial charge in [0.05, 0.1) is 5.69 Å². The van der Waals surface area contributed by atoms with E-state index in [1.165, 1.54) is 24.3 Å². The summed E-state index contributed by atoms with van der Waals surface area (Å²) in [6.45, 7) is -2.02. The van der Waals surface area contributed by atoms with E-state index in [4.69, 9.17) is 20.8 Å². The van der Waals surface area contributed by atoms with E-state index in [1.54, 1.807) is 25.1 Å². The average Bonchev–Trinajstić information content (AvgIpc) is 2.97. The van der Waals surface area contributed by atoms with Gasteiger partial charge >= 0.3 is 12.6 Å². The van der Waals surface area contributed by atoms with E-state index < -0.39 is 25.1 Å². The Hall–Kier alpha value is -3.13. The number of halogens is 3. The van der Waals surface area contributed by atoms with E-state index in [1.807, 2.05) is 0 Å². The highest BCUT2D eigenvalue weighted by Gasteiger charge is 2.20. The molecule has 0 aliphatic carbocycles. The van der Waals surface area contributed by atoms with Crippen molar-refractivity contribution in [3.8, 4) is 5.75 Å². The van der Waals surface area contributed by atoms with Gasteiger partial charge in [0, 0.05) is 16.0 Å². The summed E-state index contributed by atoms with van der Waals surface area (Å²) in [4.78, 5) is 24.2. The first-order valence-corrected chi connectivity index (χ1v) is 8.42. The first kappa shape index (κ1) is 19.6. The molecule has 28 heavy (non-hydrogen) atoms. The Morgan fingerprint density at radius 2 is 1.96 bits per heavy atom. The number of nitrogens with one attached hydrogen (secondary N) is 1. The molecular weight excluding hydrogens is 396 g/mol. The van der Waals surface area contributed by atoms with Gasteiger partial charge in [-0.05, 0) is 37.3 Å². The molecule has 0 aliphatic rings. The van der Waals surface area contributed by atoms with E-state index in [-0.39, 0.29) is 17.2 Å². The number of para-hydroxylation sites is 2. The Morgan fingerprint density at radius 3 is 2.71 bits per heavy atom. The molecule has 6 nitrogen and oxygen atoms in total. The molecule has 0 fully saturated rings. The molecule has 1 heterocycles. The van der Waals surface area contributed by atoms with Crippen LogP contribution in [0.15, 0.2) is 46.9 Å². The summed E-state index contributed by atoms with van der Waals surface area (Å²) in [6, 6.07) is 10.6. The van der Waals surface area contributed by atoms with E-state index in [2.05, 4.69) is 10.1 Å². The van der Waals surface area contributed by atoms with Crippen LogP contribution >= 0.6 is 11.6 Å². The molecule has 146 valence electrons. The Bertz CT molecular complexity index is 1030. The summed E-state index contributed by atoms with van der Waals surface area (Å²) >= 11 is 5.94. The van der Waals surface area contributed by atoms with Gasteiger partial charge in [-0.2, -0.15) is 8.78 Å². The predicted octanol–water partition coefficient (Wildman–Crippen LogP) is 4.79. The fraction of sp³-hybridized carbons (Fsp3) is 0.158. The fourth-order valence-corrected chi connectivity index (χ4v) is 2.71. The number of carbonyl (C=O) groups excluding carboxylic acids is 2. The Morgan fingerprint density at radius 1 is 1.21 bits per heavy atom. The molecule has 1 N–H and O–H groups in total. The molecular formula is C19H14ClF2NO5. The Kier molecular flexibility index (Phi) is 5.79. The van der Waals surface area contributed by atoms with Crippen molar-refractivity contribution in [3.05, 3.63) is 58.8 Å². The number of carbonyl (C=O) groups is 2. The second kappa shape index (κ2) is 8.26. The number of esters is 1. The quantitative estimate of drug-likeness (QED) is 0.592. The molecule has 1 amide bonds. The first-order chi connectivity index (χ1) is 13.3. The number of anilines is 1. The summed E-state index contributed by atoms with van der Waals surface area (Å²) in [5.41, 5.74) is 1.01. The van der Waals surface area contributed by atoms with E-state index in [0.717, 1.165) is 0 Å². The third kappa shape index (κ3) is 4.40. The van der Waals surface area contributed by atoms with Crippen LogP contribution in [0.5, 0.6) is 5.75 Å². The van der Waals surface area contributed by atoms with Gasteiger partial charge in [0.25, 0.3) is 5.91 Å². The summed E-state index contributed by atoms with van der Waals surface area (Å²) in [6.07, 6.45) is 0. The molecule has 3 aromatic rings. The number of alkyl halides is 2. The van der Waals surface area contributed by atoms with Crippen molar-refractivity contribution < 1.29 is 32.3 Å². The second-order valence-electron chi connectivity index (χ2n) is 5.70. The van der Waals surface area contributed by atoms with Gasteiger partial charge in [-0.15, -0.1) is 0 Å². The molecule has 0 atom stereocenters. The molecule has 2 aromatic carbocycles. The third-order valence-electron chi connectivity index (χ3n) is 3.80. The maximum atomic E-state index is 12.4. The van der Waals surface area contributed by atoms with Crippen molar-refractivity contribution in [2.45, 2.75) is 13.5 Å². The second-order valence-corrected chi connectivity index (χ2v) is 6.13. The molecule has 0 aliphatic heterocycles. The van der Waals surface area contributed by atoms with Crippen molar-refractivity contribution in [1.82, 2.24) is 0 Å². The summed E-state index contributed by atoms with van der Waals surface area (Å²) in [7, 11) is 0. The van der Waals surface area contributed by atoms with Gasteiger partial charge in [-0.3, -0.25) is 4.79 Å². The van der Waals surface area contributed by atoms with Gasteiger partial charge in [0.2, 0.25) is 5.76 Å². The lowest BCUT2D eigenvalue weighted by atomic mass is 10.1. The van der Waals surface area contributed by atoms with E-state index >= 15 is 0 Å². The third-order valence-corrected chi connectivity index (χ3v) is 4.03. The minimum absolute atomic E-state index is 0.0263. The van der Waals surface area contributed by atoms with Crippen LogP contribution in [0, 0.1) is 6.92 Å². The van der Waals surface area contributed by atoms with Crippen LogP contribution in [0.2, 0.25) is 5.02 Å². The van der Waals surface area contributed by atoms with Crippen LogP contribution < -0.4 is 10.1 Å². The Labute approximate surface area is 163 Å². The molecule has 0 unspecified atom stereocenters. The lowest BCUT2D eigenvalue weighted by Crippen LogP contribution is -2.21. The van der Waals surface area contributed by atoms with Crippen LogP contribution in [0.3, 0.4) is 0 Å². The van der Waals surface area contributed by atoms with Gasteiger partial charge in [-0.25, -0.2) is 4.79 Å². The fourth-order valence-electron chi connectivity index (χ4n) is 2.54. The van der Waals surface area contributed by atoms with Gasteiger partial charge in [-0.1, -0.05) is 23.7 Å². The largest absolute Gasteiger partial charge is 0.450 e. The number of furan rings is 1. The topological polar surface area (TPSA) is 77.8 Å². The van der Waals surface area contributed by atoms with Crippen LogP contribution in [-0.4, -0.2) is 25.1 Å². The van der Waals surface area contributed by atoms with Gasteiger partial charge < -0.3 is 19.2 Å².